The van der Waals surface area contributed by atoms with E-state index in [4.69, 9.17) is 0 Å². The van der Waals surface area contributed by atoms with Crippen LogP contribution < -0.4 is 0 Å². The normalized spacial score (nSPS) is 10.3. The zero-order valence-corrected chi connectivity index (χ0v) is 4.75. The minimum atomic E-state index is -3.04. The molecule has 0 aliphatic heterocycles. The van der Waals surface area contributed by atoms with Gasteiger partial charge in [-0.3, -0.25) is 4.79 Å². The Morgan fingerprint density at radius 1 is 1.70 bits per heavy atom. The van der Waals surface area contributed by atoms with Gasteiger partial charge in [-0.2, -0.15) is 0 Å². The number of hydrogen-bond donors (Lipinski definition) is 0. The Kier molecular flexibility index (Phi) is 1.75. The van der Waals surface area contributed by atoms with Gasteiger partial charge in [0.2, 0.25) is 0 Å². The van der Waals surface area contributed by atoms with Crippen molar-refractivity contribution in [1.82, 2.24) is 4.98 Å². The maximum absolute atomic E-state index is 11.5. The number of alkyl halides is 2. The van der Waals surface area contributed by atoms with Gasteiger partial charge < -0.3 is 4.42 Å². The van der Waals surface area contributed by atoms with E-state index in [-0.39, 0.29) is 0 Å². The monoisotopic (exact) mass is 147 g/mol. The zero-order chi connectivity index (χ0) is 7.56. The lowest BCUT2D eigenvalue weighted by Crippen LogP contribution is -2.09. The predicted octanol–water partition coefficient (Wildman–Crippen LogP) is 1.12. The summed E-state index contributed by atoms with van der Waals surface area (Å²) in [4.78, 5) is 13.5. The van der Waals surface area contributed by atoms with Crippen LogP contribution in [0, 0.1) is 0 Å². The van der Waals surface area contributed by atoms with E-state index in [0.717, 1.165) is 12.5 Å². The highest BCUT2D eigenvalue weighted by Gasteiger charge is 2.21. The lowest BCUT2D eigenvalue weighted by molar-refractivity contribution is 0.0641. The van der Waals surface area contributed by atoms with E-state index in [9.17, 15) is 13.6 Å². The topological polar surface area (TPSA) is 43.1 Å². The van der Waals surface area contributed by atoms with E-state index in [0.29, 0.717) is 0 Å². The second-order valence-corrected chi connectivity index (χ2v) is 1.50. The Hall–Kier alpha value is -1.26. The van der Waals surface area contributed by atoms with E-state index in [1.54, 1.807) is 0 Å². The van der Waals surface area contributed by atoms with Gasteiger partial charge in [0.05, 0.1) is 6.20 Å². The second kappa shape index (κ2) is 2.55. The van der Waals surface area contributed by atoms with Gasteiger partial charge in [-0.05, 0) is 0 Å². The van der Waals surface area contributed by atoms with Crippen LogP contribution in [0.4, 0.5) is 8.78 Å². The number of aromatic nitrogens is 1. The minimum absolute atomic E-state index is 0.546. The summed E-state index contributed by atoms with van der Waals surface area (Å²) in [6.45, 7) is 0. The van der Waals surface area contributed by atoms with E-state index >= 15 is 0 Å². The van der Waals surface area contributed by atoms with Crippen LogP contribution in [0.1, 0.15) is 10.7 Å². The molecule has 0 unspecified atom stereocenters. The summed E-state index contributed by atoms with van der Waals surface area (Å²) in [6.07, 6.45) is -0.843. The van der Waals surface area contributed by atoms with E-state index in [1.807, 2.05) is 0 Å². The van der Waals surface area contributed by atoms with Crippen molar-refractivity contribution in [3.8, 4) is 0 Å². The third kappa shape index (κ3) is 1.18. The van der Waals surface area contributed by atoms with Crippen molar-refractivity contribution in [3.05, 3.63) is 18.4 Å². The summed E-state index contributed by atoms with van der Waals surface area (Å²) in [7, 11) is 0. The number of oxazole rings is 1. The molecule has 0 amide bonds. The molecular formula is C5H3F2NO2. The number of nitrogens with zero attached hydrogens (tertiary/aromatic N) is 1. The fraction of sp³-hybridized carbons (Fsp3) is 0.200. The molecule has 10 heavy (non-hydrogen) atoms. The first kappa shape index (κ1) is 6.85. The third-order valence-electron chi connectivity index (χ3n) is 0.841. The summed E-state index contributed by atoms with van der Waals surface area (Å²) >= 11 is 0. The molecule has 5 heteroatoms. The number of carbonyl (C=O) groups is 1. The van der Waals surface area contributed by atoms with Crippen molar-refractivity contribution in [2.45, 2.75) is 6.43 Å². The highest BCUT2D eigenvalue weighted by Crippen LogP contribution is 2.03. The minimum Gasteiger partial charge on any atom is -0.442 e. The summed E-state index contributed by atoms with van der Waals surface area (Å²) in [5, 5.41) is 0. The second-order valence-electron chi connectivity index (χ2n) is 1.50. The number of carbonyl (C=O) groups excluding carboxylic acids is 1. The Bertz CT molecular complexity index is 220. The molecule has 0 saturated carbocycles. The molecule has 0 saturated heterocycles. The number of Topliss-reactive ketones (excluding diaryl/α,β-unsaturated/α-hetero) is 1. The van der Waals surface area contributed by atoms with Crippen LogP contribution in [-0.4, -0.2) is 17.2 Å². The molecule has 0 aromatic carbocycles. The highest BCUT2D eigenvalue weighted by atomic mass is 19.3. The molecular weight excluding hydrogens is 144 g/mol. The first-order valence-electron chi connectivity index (χ1n) is 2.43. The van der Waals surface area contributed by atoms with Crippen LogP contribution >= 0.6 is 0 Å². The van der Waals surface area contributed by atoms with Crippen molar-refractivity contribution in [2.24, 2.45) is 0 Å². The van der Waals surface area contributed by atoms with Crippen LogP contribution in [0.5, 0.6) is 0 Å². The molecule has 1 rings (SSSR count). The molecule has 0 bridgehead atoms. The maximum atomic E-state index is 11.5. The predicted molar refractivity (Wildman–Crippen MR) is 26.8 cm³/mol. The average molecular weight is 147 g/mol. The molecule has 1 heterocycles. The lowest BCUT2D eigenvalue weighted by atomic mass is 10.4. The molecule has 0 radical (unpaired) electrons. The van der Waals surface area contributed by atoms with Crippen LogP contribution in [0.15, 0.2) is 16.9 Å². The number of rotatable bonds is 2. The van der Waals surface area contributed by atoms with Gasteiger partial charge in [0, 0.05) is 0 Å². The van der Waals surface area contributed by atoms with Gasteiger partial charge in [0.25, 0.3) is 11.7 Å². The standard InChI is InChI=1S/C5H3F2NO2/c6-4(7)3(9)5-8-1-2-10-5/h1-2,4H. The van der Waals surface area contributed by atoms with Gasteiger partial charge in [-0.1, -0.05) is 0 Å². The Labute approximate surface area is 54.7 Å². The third-order valence-corrected chi connectivity index (χ3v) is 0.841. The summed E-state index contributed by atoms with van der Waals surface area (Å²) in [5.41, 5.74) is 0. The zero-order valence-electron chi connectivity index (χ0n) is 4.75. The van der Waals surface area contributed by atoms with Crippen molar-refractivity contribution in [2.75, 3.05) is 0 Å². The van der Waals surface area contributed by atoms with Crippen LogP contribution in [0.3, 0.4) is 0 Å². The Morgan fingerprint density at radius 2 is 2.40 bits per heavy atom. The molecule has 0 aliphatic carbocycles. The van der Waals surface area contributed by atoms with Gasteiger partial charge >= 0.3 is 6.43 Å². The summed E-state index contributed by atoms with van der Waals surface area (Å²) in [5.74, 6) is -1.93. The number of halogens is 2. The first-order valence-corrected chi connectivity index (χ1v) is 2.43. The van der Waals surface area contributed by atoms with Crippen molar-refractivity contribution in [3.63, 3.8) is 0 Å². The number of hydrogen-bond acceptors (Lipinski definition) is 3. The van der Waals surface area contributed by atoms with Gasteiger partial charge in [-0.15, -0.1) is 0 Å². The Balaban J connectivity index is 2.78. The first-order chi connectivity index (χ1) is 4.72. The lowest BCUT2D eigenvalue weighted by Gasteiger charge is -1.89. The maximum Gasteiger partial charge on any atom is 0.305 e. The van der Waals surface area contributed by atoms with E-state index < -0.39 is 18.1 Å². The molecule has 0 fully saturated rings. The van der Waals surface area contributed by atoms with Crippen molar-refractivity contribution >= 4 is 5.78 Å². The summed E-state index contributed by atoms with van der Waals surface area (Å²) in [6, 6.07) is 0. The average Bonchev–Trinajstić information content (AvgIpc) is 2.36. The molecule has 1 aromatic rings. The van der Waals surface area contributed by atoms with Gasteiger partial charge in [0.15, 0.2) is 0 Å². The van der Waals surface area contributed by atoms with Crippen LogP contribution in [-0.2, 0) is 0 Å². The summed E-state index contributed by atoms with van der Waals surface area (Å²) < 4.78 is 27.4. The van der Waals surface area contributed by atoms with Crippen molar-refractivity contribution < 1.29 is 18.0 Å². The van der Waals surface area contributed by atoms with Crippen molar-refractivity contribution in [1.29, 1.82) is 0 Å². The van der Waals surface area contributed by atoms with Gasteiger partial charge in [0.1, 0.15) is 6.26 Å². The molecule has 0 N–H and O–H groups in total. The molecule has 0 spiro atoms. The van der Waals surface area contributed by atoms with Crippen LogP contribution in [0.2, 0.25) is 0 Å². The fourth-order valence-electron chi connectivity index (χ4n) is 0.438. The quantitative estimate of drug-likeness (QED) is 0.588. The molecule has 0 atom stereocenters. The van der Waals surface area contributed by atoms with Crippen LogP contribution in [0.25, 0.3) is 0 Å². The SMILES string of the molecule is O=C(c1ncco1)C(F)F. The van der Waals surface area contributed by atoms with E-state index in [2.05, 4.69) is 9.40 Å². The number of ketones is 1. The smallest absolute Gasteiger partial charge is 0.305 e. The molecule has 54 valence electrons. The van der Waals surface area contributed by atoms with Gasteiger partial charge in [-0.25, -0.2) is 13.8 Å². The molecule has 3 nitrogen and oxygen atoms in total. The molecule has 1 aromatic heterocycles. The van der Waals surface area contributed by atoms with E-state index in [1.165, 1.54) is 0 Å². The Morgan fingerprint density at radius 3 is 2.80 bits per heavy atom. The largest absolute Gasteiger partial charge is 0.442 e. The molecule has 0 aliphatic rings. The fourth-order valence-corrected chi connectivity index (χ4v) is 0.438. The highest BCUT2D eigenvalue weighted by molar-refractivity contribution is 5.94.